The number of methoxy groups -OCH3 is 1. The number of nitrogens with zero attached hydrogens (tertiary/aromatic N) is 7. The third kappa shape index (κ3) is 10.0. The van der Waals surface area contributed by atoms with E-state index in [0.717, 1.165) is 48.3 Å². The van der Waals surface area contributed by atoms with Crippen molar-refractivity contribution in [1.29, 1.82) is 0 Å². The summed E-state index contributed by atoms with van der Waals surface area (Å²) in [5, 5.41) is 27.6. The van der Waals surface area contributed by atoms with Crippen LogP contribution in [0.2, 0.25) is 0 Å². The van der Waals surface area contributed by atoms with Crippen LogP contribution in [0.3, 0.4) is 0 Å². The first-order valence-corrected chi connectivity index (χ1v) is 21.4. The quantitative estimate of drug-likeness (QED) is 0.0309. The zero-order valence-corrected chi connectivity index (χ0v) is 34.2. The van der Waals surface area contributed by atoms with E-state index in [-0.39, 0.29) is 39.8 Å². The van der Waals surface area contributed by atoms with Crippen LogP contribution in [-0.4, -0.2) is 86.5 Å². The molecule has 61 heavy (non-hydrogen) atoms. The first-order chi connectivity index (χ1) is 29.4. The Morgan fingerprint density at radius 2 is 1.87 bits per heavy atom. The second-order valence-electron chi connectivity index (χ2n) is 13.9. The van der Waals surface area contributed by atoms with Crippen molar-refractivity contribution < 1.29 is 37.3 Å². The molecule has 7 rings (SSSR count). The lowest BCUT2D eigenvalue weighted by Crippen LogP contribution is -2.52. The summed E-state index contributed by atoms with van der Waals surface area (Å²) in [6.07, 6.45) is 9.84. The average Bonchev–Trinajstić information content (AvgIpc) is 4.00. The first-order valence-electron chi connectivity index (χ1n) is 19.1. The lowest BCUT2D eigenvalue weighted by atomic mass is 10.0. The van der Waals surface area contributed by atoms with Crippen molar-refractivity contribution in [3.8, 4) is 17.3 Å². The minimum Gasteiger partial charge on any atom is -0.478 e. The molecule has 1 atom stereocenters. The number of imide groups is 1. The number of nitro groups is 1. The van der Waals surface area contributed by atoms with E-state index in [9.17, 15) is 37.7 Å². The summed E-state index contributed by atoms with van der Waals surface area (Å²) in [4.78, 5) is 70.4. The summed E-state index contributed by atoms with van der Waals surface area (Å²) in [5.41, 5.74) is 3.33. The van der Waals surface area contributed by atoms with Gasteiger partial charge in [-0.05, 0) is 67.8 Å². The van der Waals surface area contributed by atoms with Crippen molar-refractivity contribution >= 4 is 73.3 Å². The second-order valence-corrected chi connectivity index (χ2v) is 16.7. The highest BCUT2D eigenvalue weighted by molar-refractivity contribution is 7.92. The summed E-state index contributed by atoms with van der Waals surface area (Å²) in [5.74, 6) is -1.71. The number of nitrogens with one attached hydrogen (secondary N) is 4. The summed E-state index contributed by atoms with van der Waals surface area (Å²) >= 11 is 0.923. The van der Waals surface area contributed by atoms with Gasteiger partial charge in [-0.1, -0.05) is 35.5 Å². The lowest BCUT2D eigenvalue weighted by Gasteiger charge is -2.29. The zero-order valence-electron chi connectivity index (χ0n) is 32.6. The van der Waals surface area contributed by atoms with Gasteiger partial charge in [-0.15, -0.1) is 5.10 Å². The second kappa shape index (κ2) is 18.5. The van der Waals surface area contributed by atoms with Gasteiger partial charge in [-0.2, -0.15) is 0 Å². The van der Waals surface area contributed by atoms with Crippen LogP contribution in [0, 0.1) is 10.1 Å². The molecule has 316 valence electrons. The highest BCUT2D eigenvalue weighted by Gasteiger charge is 2.39. The van der Waals surface area contributed by atoms with Gasteiger partial charge in [0.1, 0.15) is 17.4 Å². The van der Waals surface area contributed by atoms with Crippen molar-refractivity contribution in [2.45, 2.75) is 62.6 Å². The standard InChI is InChI=1S/C39H39N11O9S2/c1-59-38-36(46-61(57,58)26-13-9-24(10-14-26)42-33(51)16-11-25-12-18-35(60-25)50(55)56)41-21-30(43-38)31-23-48(47-45-31)20-5-3-2-4-19-40-29-8-6-7-27-28(29)22-49(39(27)54)32-15-17-34(52)44-37(32)53/h6-14,16,18,21,23,32,40H,2-5,15,17,19-20,22H2,1H3,(H,41,46)(H,42,51)(H,44,52,53)/b16-11+. The number of unbranched alkanes of at least 4 members (excludes halogenated alkanes) is 3. The minimum atomic E-state index is -4.15. The van der Waals surface area contributed by atoms with Crippen molar-refractivity contribution in [2.75, 3.05) is 29.0 Å². The number of aryl methyl sites for hydroxylation is 1. The molecule has 3 aromatic heterocycles. The van der Waals surface area contributed by atoms with Crippen LogP contribution in [0.4, 0.5) is 22.2 Å². The number of fused-ring (bicyclic) bond motifs is 1. The van der Waals surface area contributed by atoms with Gasteiger partial charge < -0.3 is 20.3 Å². The van der Waals surface area contributed by atoms with Crippen LogP contribution in [0.25, 0.3) is 17.5 Å². The Bertz CT molecular complexity index is 2630. The molecule has 1 unspecified atom stereocenters. The van der Waals surface area contributed by atoms with Crippen LogP contribution in [0.5, 0.6) is 5.88 Å². The molecule has 2 aromatic carbocycles. The maximum atomic E-state index is 13.2. The van der Waals surface area contributed by atoms with Crippen molar-refractivity contribution in [2.24, 2.45) is 0 Å². The molecular weight excluding hydrogens is 831 g/mol. The Labute approximate surface area is 352 Å². The number of carbonyl (C=O) groups is 4. The normalized spacial score (nSPS) is 15.1. The van der Waals surface area contributed by atoms with Crippen molar-refractivity contribution in [3.63, 3.8) is 0 Å². The van der Waals surface area contributed by atoms with Crippen molar-refractivity contribution in [3.05, 3.63) is 99.2 Å². The highest BCUT2D eigenvalue weighted by atomic mass is 32.2. The summed E-state index contributed by atoms with van der Waals surface area (Å²) in [7, 11) is -2.82. The largest absolute Gasteiger partial charge is 0.478 e. The Morgan fingerprint density at radius 1 is 1.07 bits per heavy atom. The van der Waals surface area contributed by atoms with Crippen LogP contribution >= 0.6 is 11.3 Å². The van der Waals surface area contributed by atoms with Crippen LogP contribution < -0.4 is 25.4 Å². The van der Waals surface area contributed by atoms with Gasteiger partial charge in [0, 0.05) is 65.6 Å². The van der Waals surface area contributed by atoms with E-state index in [1.807, 2.05) is 12.1 Å². The van der Waals surface area contributed by atoms with Gasteiger partial charge in [0.25, 0.3) is 21.8 Å². The van der Waals surface area contributed by atoms with E-state index in [2.05, 4.69) is 41.0 Å². The van der Waals surface area contributed by atoms with Gasteiger partial charge in [0.05, 0.1) is 29.3 Å². The van der Waals surface area contributed by atoms with Gasteiger partial charge >= 0.3 is 5.00 Å². The van der Waals surface area contributed by atoms with Gasteiger partial charge in [-0.25, -0.2) is 18.4 Å². The van der Waals surface area contributed by atoms with E-state index in [4.69, 9.17) is 4.74 Å². The molecule has 0 spiro atoms. The number of anilines is 3. The van der Waals surface area contributed by atoms with Gasteiger partial charge in [0.2, 0.25) is 23.5 Å². The average molecular weight is 870 g/mol. The molecule has 2 aliphatic rings. The molecule has 0 aliphatic carbocycles. The molecule has 0 saturated carbocycles. The number of aromatic nitrogens is 5. The number of sulfonamides is 1. The van der Waals surface area contributed by atoms with E-state index in [0.29, 0.717) is 53.6 Å². The number of hydrogen-bond donors (Lipinski definition) is 4. The monoisotopic (exact) mass is 869 g/mol. The number of rotatable bonds is 18. The number of piperidine rings is 1. The summed E-state index contributed by atoms with van der Waals surface area (Å²) < 4.78 is 35.8. The molecular formula is C39H39N11O9S2. The Kier molecular flexibility index (Phi) is 12.7. The summed E-state index contributed by atoms with van der Waals surface area (Å²) in [6.45, 7) is 1.61. The van der Waals surface area contributed by atoms with E-state index in [1.54, 1.807) is 21.8 Å². The maximum absolute atomic E-state index is 13.2. The maximum Gasteiger partial charge on any atom is 0.324 e. The van der Waals surface area contributed by atoms with Crippen LogP contribution in [0.1, 0.15) is 59.3 Å². The molecule has 4 amide bonds. The Hall–Kier alpha value is -7.07. The fourth-order valence-corrected chi connectivity index (χ4v) is 8.47. The molecule has 4 N–H and O–H groups in total. The zero-order chi connectivity index (χ0) is 43.1. The van der Waals surface area contributed by atoms with E-state index in [1.165, 1.54) is 61.9 Å². The van der Waals surface area contributed by atoms with E-state index >= 15 is 0 Å². The molecule has 20 nitrogen and oxygen atoms in total. The number of ether oxygens (including phenoxy) is 1. The molecule has 22 heteroatoms. The molecule has 1 saturated heterocycles. The topological polar surface area (TPSA) is 263 Å². The molecule has 1 fully saturated rings. The first kappa shape index (κ1) is 42.1. The third-order valence-corrected chi connectivity index (χ3v) is 12.2. The fourth-order valence-electron chi connectivity index (χ4n) is 6.73. The van der Waals surface area contributed by atoms with Crippen LogP contribution in [0.15, 0.2) is 78.0 Å². The Balaban J connectivity index is 0.852. The number of hydrogen-bond acceptors (Lipinski definition) is 15. The number of thiophene rings is 1. The predicted molar refractivity (Wildman–Crippen MR) is 223 cm³/mol. The summed E-state index contributed by atoms with van der Waals surface area (Å²) in [6, 6.07) is 13.1. The lowest BCUT2D eigenvalue weighted by molar-refractivity contribution is -0.380. The number of carbonyl (C=O) groups excluding carboxylic acids is 4. The SMILES string of the molecule is COc1nc(-c2cn(CCCCCCNc3cccc4c3CN(C3CCC(=O)NC3=O)C4=O)nn2)cnc1NS(=O)(=O)c1ccc(NC(=O)/C=C/c2ccc([N+](=O)[O-])s2)cc1. The van der Waals surface area contributed by atoms with Gasteiger partial charge in [-0.3, -0.25) is 44.0 Å². The molecule has 0 bridgehead atoms. The smallest absolute Gasteiger partial charge is 0.324 e. The minimum absolute atomic E-state index is 0.0458. The van der Waals surface area contributed by atoms with E-state index < -0.39 is 32.8 Å². The number of amides is 4. The fraction of sp³-hybridized carbons (Fsp3) is 0.282. The third-order valence-electron chi connectivity index (χ3n) is 9.80. The molecule has 0 radical (unpaired) electrons. The number of benzene rings is 2. The highest BCUT2D eigenvalue weighted by Crippen LogP contribution is 2.33. The molecule has 2 aliphatic heterocycles. The molecule has 5 heterocycles. The Morgan fingerprint density at radius 3 is 2.62 bits per heavy atom. The van der Waals surface area contributed by atoms with Gasteiger partial charge in [0.15, 0.2) is 0 Å². The predicted octanol–water partition coefficient (Wildman–Crippen LogP) is 4.60. The molecule has 5 aromatic rings. The van der Waals surface area contributed by atoms with Crippen molar-refractivity contribution in [1.82, 2.24) is 35.2 Å². The van der Waals surface area contributed by atoms with Crippen LogP contribution in [-0.2, 0) is 37.5 Å².